The van der Waals surface area contributed by atoms with Gasteiger partial charge in [0.15, 0.2) is 0 Å². The van der Waals surface area contributed by atoms with Crippen molar-refractivity contribution in [2.45, 2.75) is 25.4 Å². The Morgan fingerprint density at radius 1 is 1.25 bits per heavy atom. The van der Waals surface area contributed by atoms with Crippen LogP contribution in [0.3, 0.4) is 0 Å². The molecule has 1 unspecified atom stereocenters. The zero-order valence-corrected chi connectivity index (χ0v) is 12.2. The number of hydrogen-bond donors (Lipinski definition) is 1. The molecule has 2 aromatic rings. The fourth-order valence-corrected chi connectivity index (χ4v) is 2.82. The van der Waals surface area contributed by atoms with E-state index >= 15 is 0 Å². The fourth-order valence-electron chi connectivity index (χ4n) is 2.63. The average Bonchev–Trinajstić information content (AvgIpc) is 2.87. The number of pyridine rings is 1. The number of benzene rings is 1. The molecule has 1 heterocycles. The van der Waals surface area contributed by atoms with Gasteiger partial charge in [0.05, 0.1) is 7.11 Å². The zero-order chi connectivity index (χ0) is 13.9. The Bertz CT molecular complexity index is 598. The number of ether oxygens (including phenoxy) is 1. The first kappa shape index (κ1) is 13.4. The second-order valence-electron chi connectivity index (χ2n) is 5.11. The molecule has 0 saturated heterocycles. The largest absolute Gasteiger partial charge is 0.481 e. The Kier molecular flexibility index (Phi) is 3.90. The van der Waals surface area contributed by atoms with Crippen LogP contribution in [0.1, 0.15) is 16.7 Å². The predicted octanol–water partition coefficient (Wildman–Crippen LogP) is 3.00. The average molecular weight is 289 g/mol. The highest BCUT2D eigenvalue weighted by Crippen LogP contribution is 2.25. The summed E-state index contributed by atoms with van der Waals surface area (Å²) in [6.07, 6.45) is 3.96. The summed E-state index contributed by atoms with van der Waals surface area (Å²) >= 11 is 6.03. The third kappa shape index (κ3) is 2.94. The van der Waals surface area contributed by atoms with Gasteiger partial charge in [0, 0.05) is 29.9 Å². The molecule has 0 spiro atoms. The molecule has 3 nitrogen and oxygen atoms in total. The van der Waals surface area contributed by atoms with E-state index in [1.54, 1.807) is 7.11 Å². The molecule has 104 valence electrons. The molecule has 1 aliphatic carbocycles. The van der Waals surface area contributed by atoms with E-state index in [9.17, 15) is 0 Å². The van der Waals surface area contributed by atoms with Crippen LogP contribution < -0.4 is 10.1 Å². The van der Waals surface area contributed by atoms with Crippen LogP contribution in [0.4, 0.5) is 0 Å². The molecule has 4 heteroatoms. The maximum absolute atomic E-state index is 6.03. The van der Waals surface area contributed by atoms with Crippen LogP contribution in [-0.4, -0.2) is 18.1 Å². The summed E-state index contributed by atoms with van der Waals surface area (Å²) in [6, 6.07) is 10.6. The lowest BCUT2D eigenvalue weighted by atomic mass is 10.1. The number of aromatic nitrogens is 1. The molecular formula is C16H17ClN2O. The molecule has 0 amide bonds. The van der Waals surface area contributed by atoms with Crippen LogP contribution in [0.2, 0.25) is 5.02 Å². The quantitative estimate of drug-likeness (QED) is 0.939. The van der Waals surface area contributed by atoms with Gasteiger partial charge in [-0.05, 0) is 41.7 Å². The van der Waals surface area contributed by atoms with Crippen LogP contribution in [0.15, 0.2) is 36.5 Å². The van der Waals surface area contributed by atoms with Gasteiger partial charge in [0.2, 0.25) is 5.88 Å². The number of methoxy groups -OCH3 is 1. The molecule has 0 aliphatic heterocycles. The van der Waals surface area contributed by atoms with Crippen molar-refractivity contribution in [3.8, 4) is 5.88 Å². The topological polar surface area (TPSA) is 34.1 Å². The van der Waals surface area contributed by atoms with Crippen molar-refractivity contribution in [1.82, 2.24) is 10.3 Å². The number of nitrogens with one attached hydrogen (secondary N) is 1. The van der Waals surface area contributed by atoms with Gasteiger partial charge >= 0.3 is 0 Å². The van der Waals surface area contributed by atoms with Crippen molar-refractivity contribution in [1.29, 1.82) is 0 Å². The maximum Gasteiger partial charge on any atom is 0.212 e. The lowest BCUT2D eigenvalue weighted by Crippen LogP contribution is -2.28. The molecule has 0 saturated carbocycles. The van der Waals surface area contributed by atoms with E-state index in [-0.39, 0.29) is 0 Å². The van der Waals surface area contributed by atoms with E-state index in [1.807, 2.05) is 24.4 Å². The molecule has 3 rings (SSSR count). The summed E-state index contributed by atoms with van der Waals surface area (Å²) in [5, 5.41) is 4.40. The van der Waals surface area contributed by atoms with Crippen LogP contribution in [0.25, 0.3) is 0 Å². The van der Waals surface area contributed by atoms with Crippen molar-refractivity contribution in [3.05, 3.63) is 58.2 Å². The Hall–Kier alpha value is -1.58. The van der Waals surface area contributed by atoms with Gasteiger partial charge in [-0.15, -0.1) is 0 Å². The maximum atomic E-state index is 6.03. The highest BCUT2D eigenvalue weighted by atomic mass is 35.5. The molecule has 0 fully saturated rings. The number of halogens is 1. The minimum atomic E-state index is 0.477. The van der Waals surface area contributed by atoms with E-state index < -0.39 is 0 Å². The van der Waals surface area contributed by atoms with Crippen LogP contribution >= 0.6 is 11.6 Å². The lowest BCUT2D eigenvalue weighted by molar-refractivity contribution is 0.397. The van der Waals surface area contributed by atoms with Crippen molar-refractivity contribution < 1.29 is 4.74 Å². The molecular weight excluding hydrogens is 272 g/mol. The predicted molar refractivity (Wildman–Crippen MR) is 80.3 cm³/mol. The number of hydrogen-bond acceptors (Lipinski definition) is 3. The summed E-state index contributed by atoms with van der Waals surface area (Å²) in [7, 11) is 1.63. The third-order valence-electron chi connectivity index (χ3n) is 3.70. The second-order valence-corrected chi connectivity index (χ2v) is 5.54. The van der Waals surface area contributed by atoms with Crippen molar-refractivity contribution in [2.75, 3.05) is 7.11 Å². The Balaban J connectivity index is 1.58. The van der Waals surface area contributed by atoms with Gasteiger partial charge < -0.3 is 10.1 Å². The number of nitrogens with zero attached hydrogens (tertiary/aromatic N) is 1. The molecule has 1 atom stereocenters. The Labute approximate surface area is 123 Å². The van der Waals surface area contributed by atoms with E-state index in [2.05, 4.69) is 22.4 Å². The van der Waals surface area contributed by atoms with Crippen LogP contribution in [-0.2, 0) is 19.4 Å². The van der Waals surface area contributed by atoms with Gasteiger partial charge in [-0.3, -0.25) is 0 Å². The third-order valence-corrected chi connectivity index (χ3v) is 3.94. The zero-order valence-electron chi connectivity index (χ0n) is 11.4. The Morgan fingerprint density at radius 2 is 2.10 bits per heavy atom. The summed E-state index contributed by atoms with van der Waals surface area (Å²) in [4.78, 5) is 4.21. The summed E-state index contributed by atoms with van der Waals surface area (Å²) in [5.74, 6) is 0.650. The smallest absolute Gasteiger partial charge is 0.212 e. The van der Waals surface area contributed by atoms with Crippen LogP contribution in [0.5, 0.6) is 5.88 Å². The molecule has 1 aromatic carbocycles. The monoisotopic (exact) mass is 288 g/mol. The number of fused-ring (bicyclic) bond motifs is 1. The van der Waals surface area contributed by atoms with Crippen molar-refractivity contribution in [3.63, 3.8) is 0 Å². The standard InChI is InChI=1S/C16H17ClN2O/c1-20-16-5-2-11(10-19-16)9-18-15-7-12-3-4-14(17)6-13(12)8-15/h2-6,10,15,18H,7-9H2,1H3. The van der Waals surface area contributed by atoms with Gasteiger partial charge in [-0.25, -0.2) is 4.98 Å². The first-order valence-corrected chi connectivity index (χ1v) is 7.12. The van der Waals surface area contributed by atoms with Crippen LogP contribution in [0, 0.1) is 0 Å². The second kappa shape index (κ2) is 5.81. The minimum absolute atomic E-state index is 0.477. The highest BCUT2D eigenvalue weighted by Gasteiger charge is 2.20. The molecule has 1 N–H and O–H groups in total. The summed E-state index contributed by atoms with van der Waals surface area (Å²) in [5.41, 5.74) is 3.93. The van der Waals surface area contributed by atoms with Gasteiger partial charge in [0.1, 0.15) is 0 Å². The summed E-state index contributed by atoms with van der Waals surface area (Å²) < 4.78 is 5.06. The lowest BCUT2D eigenvalue weighted by Gasteiger charge is -2.11. The van der Waals surface area contributed by atoms with Crippen molar-refractivity contribution in [2.24, 2.45) is 0 Å². The first-order chi connectivity index (χ1) is 9.74. The van der Waals surface area contributed by atoms with E-state index in [1.165, 1.54) is 16.7 Å². The molecule has 0 bridgehead atoms. The summed E-state index contributed by atoms with van der Waals surface area (Å²) in [6.45, 7) is 0.823. The van der Waals surface area contributed by atoms with E-state index in [0.717, 1.165) is 24.4 Å². The SMILES string of the molecule is COc1ccc(CNC2Cc3ccc(Cl)cc3C2)cn1. The van der Waals surface area contributed by atoms with Gasteiger partial charge in [-0.1, -0.05) is 23.7 Å². The van der Waals surface area contributed by atoms with Crippen molar-refractivity contribution >= 4 is 11.6 Å². The highest BCUT2D eigenvalue weighted by molar-refractivity contribution is 6.30. The first-order valence-electron chi connectivity index (χ1n) is 6.74. The normalized spacial score (nSPS) is 17.0. The van der Waals surface area contributed by atoms with E-state index in [0.29, 0.717) is 11.9 Å². The molecule has 1 aromatic heterocycles. The van der Waals surface area contributed by atoms with Gasteiger partial charge in [-0.2, -0.15) is 0 Å². The minimum Gasteiger partial charge on any atom is -0.481 e. The van der Waals surface area contributed by atoms with E-state index in [4.69, 9.17) is 16.3 Å². The van der Waals surface area contributed by atoms with Gasteiger partial charge in [0.25, 0.3) is 0 Å². The molecule has 0 radical (unpaired) electrons. The molecule has 1 aliphatic rings. The number of rotatable bonds is 4. The fraction of sp³-hybridized carbons (Fsp3) is 0.312. The Morgan fingerprint density at radius 3 is 2.85 bits per heavy atom. The molecule has 20 heavy (non-hydrogen) atoms.